The molecule has 0 spiro atoms. The van der Waals surface area contributed by atoms with Crippen molar-refractivity contribution in [3.05, 3.63) is 24.0 Å². The summed E-state index contributed by atoms with van der Waals surface area (Å²) >= 11 is 1.32. The van der Waals surface area contributed by atoms with Crippen LogP contribution in [0.25, 0.3) is 11.0 Å². The second kappa shape index (κ2) is 5.96. The van der Waals surface area contributed by atoms with E-state index in [0.29, 0.717) is 33.5 Å². The van der Waals surface area contributed by atoms with Gasteiger partial charge in [0.15, 0.2) is 5.17 Å². The highest BCUT2D eigenvalue weighted by Gasteiger charge is 2.24. The molecule has 1 aromatic heterocycles. The van der Waals surface area contributed by atoms with Crippen molar-refractivity contribution in [3.63, 3.8) is 0 Å². The largest absolute Gasteiger partial charge is 0.507 e. The van der Waals surface area contributed by atoms with Crippen molar-refractivity contribution in [2.24, 2.45) is 10.2 Å². The molecule has 2 heterocycles. The van der Waals surface area contributed by atoms with Crippen LogP contribution in [0.5, 0.6) is 11.5 Å². The van der Waals surface area contributed by atoms with Crippen molar-refractivity contribution in [2.75, 3.05) is 19.9 Å². The van der Waals surface area contributed by atoms with E-state index in [1.54, 1.807) is 20.0 Å². The number of phenols is 1. The third-order valence-electron chi connectivity index (χ3n) is 3.53. The first-order valence-electron chi connectivity index (χ1n) is 6.82. The van der Waals surface area contributed by atoms with Crippen LogP contribution in [0.4, 0.5) is 0 Å². The Balaban J connectivity index is 2.05. The molecule has 1 aromatic carbocycles. The quantitative estimate of drug-likeness (QED) is 0.688. The fraction of sp³-hybridized carbons (Fsp3) is 0.267. The summed E-state index contributed by atoms with van der Waals surface area (Å²) < 4.78 is 10.7. The third-order valence-corrected chi connectivity index (χ3v) is 4.53. The molecule has 1 N–H and O–H groups in total. The van der Waals surface area contributed by atoms with Crippen molar-refractivity contribution in [3.8, 4) is 11.5 Å². The first-order valence-corrected chi connectivity index (χ1v) is 7.80. The summed E-state index contributed by atoms with van der Waals surface area (Å²) in [7, 11) is 3.17. The Hall–Kier alpha value is -2.48. The van der Waals surface area contributed by atoms with Gasteiger partial charge in [-0.1, -0.05) is 11.8 Å². The topological polar surface area (TPSA) is 87.6 Å². The molecule has 0 unspecified atom stereocenters. The Morgan fingerprint density at radius 2 is 2.30 bits per heavy atom. The van der Waals surface area contributed by atoms with E-state index in [1.807, 2.05) is 0 Å². The fourth-order valence-corrected chi connectivity index (χ4v) is 3.16. The minimum absolute atomic E-state index is 0.00532. The zero-order valence-electron chi connectivity index (χ0n) is 12.9. The third kappa shape index (κ3) is 2.65. The Bertz CT molecular complexity index is 841. The summed E-state index contributed by atoms with van der Waals surface area (Å²) in [5.41, 5.74) is 1.45. The van der Waals surface area contributed by atoms with Crippen LogP contribution in [0.2, 0.25) is 0 Å². The molecular formula is C15H15N3O4S. The SMILES string of the molecule is COc1c(/C(C)=N/N=C2\SCC(=O)N2C)c(O)cc2occc12. The number of aromatic hydroxyl groups is 1. The summed E-state index contributed by atoms with van der Waals surface area (Å²) in [5.74, 6) is 0.814. The van der Waals surface area contributed by atoms with Crippen molar-refractivity contribution in [1.82, 2.24) is 4.90 Å². The van der Waals surface area contributed by atoms with Crippen LogP contribution in [-0.2, 0) is 4.79 Å². The van der Waals surface area contributed by atoms with Crippen LogP contribution in [0.1, 0.15) is 12.5 Å². The van der Waals surface area contributed by atoms with Crippen LogP contribution in [-0.4, -0.2) is 46.7 Å². The lowest BCUT2D eigenvalue weighted by Crippen LogP contribution is -2.24. The van der Waals surface area contributed by atoms with Gasteiger partial charge in [-0.2, -0.15) is 5.10 Å². The molecule has 1 saturated heterocycles. The van der Waals surface area contributed by atoms with Crippen LogP contribution in [0.15, 0.2) is 33.0 Å². The highest BCUT2D eigenvalue weighted by molar-refractivity contribution is 8.15. The fourth-order valence-electron chi connectivity index (χ4n) is 2.32. The molecule has 0 saturated carbocycles. The van der Waals surface area contributed by atoms with E-state index in [-0.39, 0.29) is 11.7 Å². The van der Waals surface area contributed by atoms with E-state index >= 15 is 0 Å². The standard InChI is InChI=1S/C15H15N3O4S/c1-8(16-17-15-18(2)12(20)7-23-15)13-10(19)6-11-9(4-5-22-11)14(13)21-3/h4-6,19H,7H2,1-3H3/b16-8+,17-15-. The van der Waals surface area contributed by atoms with Crippen LogP contribution >= 0.6 is 11.8 Å². The van der Waals surface area contributed by atoms with Crippen molar-refractivity contribution < 1.29 is 19.1 Å². The summed E-state index contributed by atoms with van der Waals surface area (Å²) in [5, 5.41) is 19.8. The van der Waals surface area contributed by atoms with Crippen molar-refractivity contribution >= 4 is 39.5 Å². The maximum atomic E-state index is 11.5. The van der Waals surface area contributed by atoms with Gasteiger partial charge < -0.3 is 14.3 Å². The lowest BCUT2D eigenvalue weighted by molar-refractivity contribution is -0.123. The molecule has 1 aliphatic heterocycles. The lowest BCUT2D eigenvalue weighted by Gasteiger charge is -2.11. The normalized spacial score (nSPS) is 17.5. The van der Waals surface area contributed by atoms with Gasteiger partial charge in [-0.15, -0.1) is 5.10 Å². The summed E-state index contributed by atoms with van der Waals surface area (Å²) in [6, 6.07) is 3.27. The number of nitrogens with zero attached hydrogens (tertiary/aromatic N) is 3. The molecule has 1 aliphatic rings. The maximum absolute atomic E-state index is 11.5. The number of ether oxygens (including phenoxy) is 1. The zero-order chi connectivity index (χ0) is 16.6. The van der Waals surface area contributed by atoms with Crippen LogP contribution in [0.3, 0.4) is 0 Å². The monoisotopic (exact) mass is 333 g/mol. The molecule has 0 atom stereocenters. The molecular weight excluding hydrogens is 318 g/mol. The van der Waals surface area contributed by atoms with Gasteiger partial charge in [0.05, 0.1) is 35.8 Å². The molecule has 8 heteroatoms. The number of thioether (sulfide) groups is 1. The van der Waals surface area contributed by atoms with Gasteiger partial charge in [0.2, 0.25) is 5.91 Å². The molecule has 7 nitrogen and oxygen atoms in total. The van der Waals surface area contributed by atoms with Gasteiger partial charge in [-0.3, -0.25) is 9.69 Å². The molecule has 23 heavy (non-hydrogen) atoms. The van der Waals surface area contributed by atoms with Crippen LogP contribution in [0, 0.1) is 0 Å². The Kier molecular flexibility index (Phi) is 3.99. The van der Waals surface area contributed by atoms with Gasteiger partial charge in [0, 0.05) is 13.1 Å². The Morgan fingerprint density at radius 3 is 2.96 bits per heavy atom. The predicted octanol–water partition coefficient (Wildman–Crippen LogP) is 2.43. The van der Waals surface area contributed by atoms with E-state index in [2.05, 4.69) is 10.2 Å². The van der Waals surface area contributed by atoms with Crippen molar-refractivity contribution in [2.45, 2.75) is 6.92 Å². The second-order valence-corrected chi connectivity index (χ2v) is 5.89. The number of carbonyl (C=O) groups is 1. The average molecular weight is 333 g/mol. The van der Waals surface area contributed by atoms with E-state index in [1.165, 1.54) is 36.1 Å². The summed E-state index contributed by atoms with van der Waals surface area (Å²) in [6.07, 6.45) is 1.53. The van der Waals surface area contributed by atoms with Crippen molar-refractivity contribution in [1.29, 1.82) is 0 Å². The number of methoxy groups -OCH3 is 1. The van der Waals surface area contributed by atoms with E-state index in [0.717, 1.165) is 5.39 Å². The number of hydrogen-bond acceptors (Lipinski definition) is 7. The number of carbonyl (C=O) groups excluding carboxylic acids is 1. The molecule has 2 aromatic rings. The number of rotatable bonds is 3. The van der Waals surface area contributed by atoms with E-state index < -0.39 is 0 Å². The first-order chi connectivity index (χ1) is 11.0. The van der Waals surface area contributed by atoms with E-state index in [4.69, 9.17) is 9.15 Å². The minimum atomic E-state index is -0.0122. The Morgan fingerprint density at radius 1 is 1.52 bits per heavy atom. The average Bonchev–Trinajstić information content (AvgIpc) is 3.11. The molecule has 1 amide bonds. The highest BCUT2D eigenvalue weighted by Crippen LogP contribution is 2.37. The second-order valence-electron chi connectivity index (χ2n) is 4.95. The smallest absolute Gasteiger partial charge is 0.238 e. The highest BCUT2D eigenvalue weighted by atomic mass is 32.2. The predicted molar refractivity (Wildman–Crippen MR) is 89.3 cm³/mol. The van der Waals surface area contributed by atoms with Gasteiger partial charge in [-0.25, -0.2) is 0 Å². The number of benzene rings is 1. The molecule has 1 fully saturated rings. The van der Waals surface area contributed by atoms with Gasteiger partial charge >= 0.3 is 0 Å². The van der Waals surface area contributed by atoms with E-state index in [9.17, 15) is 9.90 Å². The Labute approximate surface area is 136 Å². The number of amides is 1. The first kappa shape index (κ1) is 15.4. The number of fused-ring (bicyclic) bond motifs is 1. The number of amidine groups is 1. The van der Waals surface area contributed by atoms with Gasteiger partial charge in [0.1, 0.15) is 17.1 Å². The summed E-state index contributed by atoms with van der Waals surface area (Å²) in [4.78, 5) is 12.9. The van der Waals surface area contributed by atoms with Crippen LogP contribution < -0.4 is 4.74 Å². The van der Waals surface area contributed by atoms with Gasteiger partial charge in [-0.05, 0) is 13.0 Å². The number of hydrogen-bond donors (Lipinski definition) is 1. The number of furan rings is 1. The minimum Gasteiger partial charge on any atom is -0.507 e. The molecule has 0 bridgehead atoms. The maximum Gasteiger partial charge on any atom is 0.238 e. The zero-order valence-corrected chi connectivity index (χ0v) is 13.7. The molecule has 120 valence electrons. The summed E-state index contributed by atoms with van der Waals surface area (Å²) in [6.45, 7) is 1.72. The molecule has 3 rings (SSSR count). The van der Waals surface area contributed by atoms with Gasteiger partial charge in [0.25, 0.3) is 0 Å². The molecule has 0 aliphatic carbocycles. The molecule has 0 radical (unpaired) electrons. The number of phenolic OH excluding ortho intramolecular Hbond substituents is 1. The lowest BCUT2D eigenvalue weighted by atomic mass is 10.1.